The monoisotopic (exact) mass is 654 g/mol. The average Bonchev–Trinajstić information content (AvgIpc) is 3.68. The topological polar surface area (TPSA) is 104 Å². The number of nitrogens with one attached hydrogen (secondary N) is 1. The summed E-state index contributed by atoms with van der Waals surface area (Å²) in [6, 6.07) is 19.5. The van der Waals surface area contributed by atoms with Gasteiger partial charge in [-0.2, -0.15) is 5.10 Å². The lowest BCUT2D eigenvalue weighted by atomic mass is 10.1. The lowest BCUT2D eigenvalue weighted by Gasteiger charge is -2.34. The molecule has 1 N–H and O–H groups in total. The highest BCUT2D eigenvalue weighted by Crippen LogP contribution is 2.36. The number of carbonyl (C=O) groups is 1. The third kappa shape index (κ3) is 7.41. The molecule has 48 heavy (non-hydrogen) atoms. The molecule has 1 fully saturated rings. The zero-order valence-corrected chi connectivity index (χ0v) is 28.1. The molecule has 0 atom stereocenters. The lowest BCUT2D eigenvalue weighted by Crippen LogP contribution is -2.44. The van der Waals surface area contributed by atoms with Crippen LogP contribution in [0.5, 0.6) is 17.2 Å². The molecule has 0 saturated carbocycles. The molecular formula is C36H42N6O6. The Morgan fingerprint density at radius 3 is 2.29 bits per heavy atom. The molecule has 6 rings (SSSR count). The van der Waals surface area contributed by atoms with Crippen molar-refractivity contribution in [3.05, 3.63) is 89.9 Å². The van der Waals surface area contributed by atoms with Gasteiger partial charge in [-0.25, -0.2) is 4.68 Å². The first-order valence-corrected chi connectivity index (χ1v) is 15.8. The third-order valence-corrected chi connectivity index (χ3v) is 8.35. The Morgan fingerprint density at radius 2 is 1.56 bits per heavy atom. The van der Waals surface area contributed by atoms with Crippen molar-refractivity contribution in [3.63, 3.8) is 0 Å². The van der Waals surface area contributed by atoms with Crippen LogP contribution in [-0.2, 0) is 16.0 Å². The van der Waals surface area contributed by atoms with Crippen LogP contribution in [0.1, 0.15) is 21.6 Å². The van der Waals surface area contributed by atoms with E-state index in [1.165, 1.54) is 7.11 Å². The van der Waals surface area contributed by atoms with Crippen molar-refractivity contribution < 1.29 is 28.5 Å². The predicted octanol–water partition coefficient (Wildman–Crippen LogP) is 5.35. The summed E-state index contributed by atoms with van der Waals surface area (Å²) in [6.07, 6.45) is 3.72. The van der Waals surface area contributed by atoms with Crippen molar-refractivity contribution in [1.82, 2.24) is 19.2 Å². The maximum atomic E-state index is 14.5. The molecule has 1 aliphatic rings. The molecule has 0 radical (unpaired) electrons. The molecule has 1 aliphatic heterocycles. The maximum Gasteiger partial charge on any atom is 0.267 e. The second-order valence-corrected chi connectivity index (χ2v) is 11.8. The second-order valence-electron chi connectivity index (χ2n) is 11.8. The number of ether oxygens (including phenoxy) is 5. The largest absolute Gasteiger partial charge is 0.497 e. The van der Waals surface area contributed by atoms with Crippen LogP contribution in [0.4, 0.5) is 17.2 Å². The van der Waals surface area contributed by atoms with E-state index in [4.69, 9.17) is 28.8 Å². The number of benzene rings is 3. The Balaban J connectivity index is 1.38. The third-order valence-electron chi connectivity index (χ3n) is 8.35. The molecule has 3 aromatic carbocycles. The Bertz CT molecular complexity index is 1860. The van der Waals surface area contributed by atoms with E-state index < -0.39 is 0 Å². The molecule has 12 heteroatoms. The first-order valence-electron chi connectivity index (χ1n) is 15.8. The van der Waals surface area contributed by atoms with Gasteiger partial charge in [-0.3, -0.25) is 9.36 Å². The lowest BCUT2D eigenvalue weighted by molar-refractivity contribution is 0.0456. The van der Waals surface area contributed by atoms with Gasteiger partial charge in [0.2, 0.25) is 0 Å². The molecule has 0 amide bonds. The molecular weight excluding hydrogens is 612 g/mol. The number of hydrogen-bond donors (Lipinski definition) is 1. The van der Waals surface area contributed by atoms with Crippen LogP contribution in [0.15, 0.2) is 73.1 Å². The normalized spacial score (nSPS) is 13.6. The van der Waals surface area contributed by atoms with Gasteiger partial charge >= 0.3 is 0 Å². The van der Waals surface area contributed by atoms with Crippen LogP contribution in [0.2, 0.25) is 0 Å². The molecule has 12 nitrogen and oxygen atoms in total. The highest BCUT2D eigenvalue weighted by Gasteiger charge is 2.24. The number of hydrogen-bond acceptors (Lipinski definition) is 10. The first-order chi connectivity index (χ1) is 23.3. The molecule has 1 saturated heterocycles. The standard InChI is InChI=1S/C36H42N6O6/c1-25-16-34(42(38-25)20-26-6-10-30(46-5)11-7-26)37-32-18-31(47-23-44-3)19-33(48-24-45-4)35(32)36(43)41-21-27-8-9-29(17-28(27)22-41)40-14-12-39(2)13-15-40/h6-11,16-19,21-22,37H,12-15,20,23-24H2,1-5H3. The van der Waals surface area contributed by atoms with Crippen LogP contribution < -0.4 is 24.4 Å². The number of methoxy groups -OCH3 is 3. The number of nitrogens with zero attached hydrogens (tertiary/aromatic N) is 5. The van der Waals surface area contributed by atoms with Crippen molar-refractivity contribution in [2.75, 3.05) is 78.4 Å². The van der Waals surface area contributed by atoms with E-state index in [2.05, 4.69) is 40.4 Å². The number of aryl methyl sites for hydroxylation is 1. The zero-order valence-electron chi connectivity index (χ0n) is 28.1. The Morgan fingerprint density at radius 1 is 0.833 bits per heavy atom. The van der Waals surface area contributed by atoms with Gasteiger partial charge < -0.3 is 38.8 Å². The number of aromatic nitrogens is 3. The quantitative estimate of drug-likeness (QED) is 0.167. The van der Waals surface area contributed by atoms with Crippen LogP contribution in [0.3, 0.4) is 0 Å². The van der Waals surface area contributed by atoms with Crippen molar-refractivity contribution in [1.29, 1.82) is 0 Å². The molecule has 0 aliphatic carbocycles. The van der Waals surface area contributed by atoms with E-state index in [0.717, 1.165) is 59.6 Å². The van der Waals surface area contributed by atoms with Crippen molar-refractivity contribution >= 4 is 33.9 Å². The average molecular weight is 655 g/mol. The highest BCUT2D eigenvalue weighted by atomic mass is 16.7. The van der Waals surface area contributed by atoms with Crippen LogP contribution in [0.25, 0.3) is 10.8 Å². The van der Waals surface area contributed by atoms with Gasteiger partial charge in [0, 0.05) is 87.5 Å². The van der Waals surface area contributed by atoms with Crippen LogP contribution in [-0.4, -0.2) is 93.3 Å². The number of fused-ring (bicyclic) bond motifs is 1. The van der Waals surface area contributed by atoms with Crippen molar-refractivity contribution in [3.8, 4) is 17.2 Å². The van der Waals surface area contributed by atoms with Gasteiger partial charge in [0.25, 0.3) is 5.91 Å². The first kappa shape index (κ1) is 32.9. The van der Waals surface area contributed by atoms with Crippen LogP contribution >= 0.6 is 0 Å². The minimum atomic E-state index is -0.280. The summed E-state index contributed by atoms with van der Waals surface area (Å²) >= 11 is 0. The molecule has 0 spiro atoms. The Kier molecular flexibility index (Phi) is 10.1. The Labute approximate surface area is 280 Å². The molecule has 2 aromatic heterocycles. The molecule has 3 heterocycles. The second kappa shape index (κ2) is 14.8. The fourth-order valence-electron chi connectivity index (χ4n) is 5.80. The van der Waals surface area contributed by atoms with E-state index >= 15 is 0 Å². The molecule has 252 valence electrons. The minimum absolute atomic E-state index is 0.0174. The number of carbonyl (C=O) groups excluding carboxylic acids is 1. The Hall–Kier alpha value is -5.04. The molecule has 0 bridgehead atoms. The van der Waals surface area contributed by atoms with Gasteiger partial charge in [0.05, 0.1) is 25.0 Å². The van der Waals surface area contributed by atoms with E-state index in [1.54, 1.807) is 30.9 Å². The molecule has 5 aromatic rings. The summed E-state index contributed by atoms with van der Waals surface area (Å²) in [6.45, 7) is 6.32. The van der Waals surface area contributed by atoms with Crippen molar-refractivity contribution in [2.24, 2.45) is 0 Å². The van der Waals surface area contributed by atoms with Gasteiger partial charge in [-0.1, -0.05) is 18.2 Å². The summed E-state index contributed by atoms with van der Waals surface area (Å²) in [5.41, 5.74) is 3.79. The van der Waals surface area contributed by atoms with Gasteiger partial charge in [-0.05, 0) is 43.8 Å². The highest BCUT2D eigenvalue weighted by molar-refractivity contribution is 6.06. The number of likely N-dealkylation sites (N-methyl/N-ethyl adjacent to an activating group) is 1. The fourth-order valence-corrected chi connectivity index (χ4v) is 5.80. The van der Waals surface area contributed by atoms with Gasteiger partial charge in [0.1, 0.15) is 28.6 Å². The minimum Gasteiger partial charge on any atom is -0.497 e. The van der Waals surface area contributed by atoms with Crippen LogP contribution in [0, 0.1) is 6.92 Å². The fraction of sp³-hybridized carbons (Fsp3) is 0.333. The summed E-state index contributed by atoms with van der Waals surface area (Å²) in [5.74, 6) is 1.94. The summed E-state index contributed by atoms with van der Waals surface area (Å²) in [4.78, 5) is 19.2. The van der Waals surface area contributed by atoms with E-state index in [-0.39, 0.29) is 19.5 Å². The maximum absolute atomic E-state index is 14.5. The smallest absolute Gasteiger partial charge is 0.267 e. The van der Waals surface area contributed by atoms with Crippen molar-refractivity contribution in [2.45, 2.75) is 13.5 Å². The zero-order chi connectivity index (χ0) is 33.6. The summed E-state index contributed by atoms with van der Waals surface area (Å²) in [5, 5.41) is 10.1. The predicted molar refractivity (Wildman–Crippen MR) is 185 cm³/mol. The summed E-state index contributed by atoms with van der Waals surface area (Å²) in [7, 11) is 6.87. The van der Waals surface area contributed by atoms with Gasteiger partial charge in [-0.15, -0.1) is 0 Å². The summed E-state index contributed by atoms with van der Waals surface area (Å²) < 4.78 is 31.0. The number of anilines is 3. The SMILES string of the molecule is COCOc1cc(Nc2cc(C)nn2Cc2ccc(OC)cc2)c(C(=O)n2cc3ccc(N4CCN(C)CC4)cc3c2)c(OCOC)c1. The number of piperazine rings is 1. The number of rotatable bonds is 13. The van der Waals surface area contributed by atoms with E-state index in [9.17, 15) is 4.79 Å². The molecule has 0 unspecified atom stereocenters. The van der Waals surface area contributed by atoms with E-state index in [1.807, 2.05) is 54.3 Å². The van der Waals surface area contributed by atoms with Gasteiger partial charge in [0.15, 0.2) is 13.6 Å². The van der Waals surface area contributed by atoms with E-state index in [0.29, 0.717) is 35.1 Å².